The molecule has 0 radical (unpaired) electrons. The van der Waals surface area contributed by atoms with Crippen molar-refractivity contribution in [3.05, 3.63) is 0 Å². The van der Waals surface area contributed by atoms with Crippen LogP contribution in [-0.4, -0.2) is 26.3 Å². The molecule has 0 aliphatic heterocycles. The first-order chi connectivity index (χ1) is 6.85. The molecule has 0 fully saturated rings. The van der Waals surface area contributed by atoms with Gasteiger partial charge in [0.05, 0.1) is 0 Å². The zero-order valence-electron chi connectivity index (χ0n) is 9.51. The molecule has 2 heteroatoms. The Morgan fingerprint density at radius 2 is 2.21 bits per heavy atom. The molecule has 2 nitrogen and oxygen atoms in total. The minimum atomic E-state index is 0.572. The standard InChI is InChI=1S/C12H23NO/c1-4-6-7-8-12(9-11-14-3)13-10-5-2/h1,12-13H,5-11H2,2-3H3. The van der Waals surface area contributed by atoms with Crippen LogP contribution in [0.4, 0.5) is 0 Å². The molecule has 82 valence electrons. The van der Waals surface area contributed by atoms with E-state index in [4.69, 9.17) is 11.2 Å². The summed E-state index contributed by atoms with van der Waals surface area (Å²) < 4.78 is 5.08. The molecule has 0 aromatic heterocycles. The largest absolute Gasteiger partial charge is 0.385 e. The molecule has 0 aromatic rings. The number of nitrogens with one attached hydrogen (secondary N) is 1. The minimum Gasteiger partial charge on any atom is -0.385 e. The Kier molecular flexibility index (Phi) is 10.2. The average molecular weight is 197 g/mol. The van der Waals surface area contributed by atoms with Crippen LogP contribution in [0.2, 0.25) is 0 Å². The molecule has 0 aliphatic rings. The Labute approximate surface area is 88.4 Å². The van der Waals surface area contributed by atoms with E-state index in [0.29, 0.717) is 6.04 Å². The van der Waals surface area contributed by atoms with Crippen LogP contribution in [0.25, 0.3) is 0 Å². The van der Waals surface area contributed by atoms with Gasteiger partial charge in [-0.3, -0.25) is 0 Å². The van der Waals surface area contributed by atoms with E-state index < -0.39 is 0 Å². The zero-order chi connectivity index (χ0) is 10.6. The SMILES string of the molecule is C#CCCCC(CCOC)NCCC. The Morgan fingerprint density at radius 3 is 2.79 bits per heavy atom. The number of terminal acetylenes is 1. The topological polar surface area (TPSA) is 21.3 Å². The van der Waals surface area contributed by atoms with Crippen LogP contribution in [-0.2, 0) is 4.74 Å². The van der Waals surface area contributed by atoms with E-state index in [2.05, 4.69) is 18.2 Å². The van der Waals surface area contributed by atoms with Crippen molar-refractivity contribution in [2.24, 2.45) is 0 Å². The van der Waals surface area contributed by atoms with Crippen LogP contribution >= 0.6 is 0 Å². The summed E-state index contributed by atoms with van der Waals surface area (Å²) in [5.41, 5.74) is 0. The Morgan fingerprint density at radius 1 is 1.43 bits per heavy atom. The van der Waals surface area contributed by atoms with Gasteiger partial charge < -0.3 is 10.1 Å². The van der Waals surface area contributed by atoms with E-state index in [0.717, 1.165) is 38.8 Å². The predicted molar refractivity (Wildman–Crippen MR) is 61.3 cm³/mol. The quantitative estimate of drug-likeness (QED) is 0.452. The molecule has 1 atom stereocenters. The number of methoxy groups -OCH3 is 1. The van der Waals surface area contributed by atoms with Gasteiger partial charge in [-0.25, -0.2) is 0 Å². The third-order valence-corrected chi connectivity index (χ3v) is 2.23. The van der Waals surface area contributed by atoms with E-state index in [1.807, 2.05) is 0 Å². The number of rotatable bonds is 9. The molecule has 0 heterocycles. The first-order valence-electron chi connectivity index (χ1n) is 5.50. The van der Waals surface area contributed by atoms with Crippen molar-refractivity contribution in [2.75, 3.05) is 20.3 Å². The monoisotopic (exact) mass is 197 g/mol. The van der Waals surface area contributed by atoms with Gasteiger partial charge in [0.25, 0.3) is 0 Å². The molecule has 1 unspecified atom stereocenters. The van der Waals surface area contributed by atoms with Crippen LogP contribution in [0.5, 0.6) is 0 Å². The molecule has 14 heavy (non-hydrogen) atoms. The summed E-state index contributed by atoms with van der Waals surface area (Å²) in [7, 11) is 1.75. The molecule has 0 bridgehead atoms. The maximum Gasteiger partial charge on any atom is 0.0477 e. The molecule has 0 amide bonds. The van der Waals surface area contributed by atoms with E-state index in [9.17, 15) is 0 Å². The molecule has 0 saturated carbocycles. The number of hydrogen-bond acceptors (Lipinski definition) is 2. The van der Waals surface area contributed by atoms with Gasteiger partial charge >= 0.3 is 0 Å². The minimum absolute atomic E-state index is 0.572. The van der Waals surface area contributed by atoms with Crippen molar-refractivity contribution in [1.29, 1.82) is 0 Å². The highest BCUT2D eigenvalue weighted by molar-refractivity contribution is 4.83. The van der Waals surface area contributed by atoms with Crippen molar-refractivity contribution in [2.45, 2.75) is 45.1 Å². The molecule has 0 rings (SSSR count). The fourth-order valence-electron chi connectivity index (χ4n) is 1.41. The van der Waals surface area contributed by atoms with Gasteiger partial charge in [0.2, 0.25) is 0 Å². The summed E-state index contributed by atoms with van der Waals surface area (Å²) >= 11 is 0. The first kappa shape index (κ1) is 13.5. The summed E-state index contributed by atoms with van der Waals surface area (Å²) in [5.74, 6) is 2.68. The zero-order valence-corrected chi connectivity index (χ0v) is 9.51. The second-order valence-electron chi connectivity index (χ2n) is 3.53. The average Bonchev–Trinajstić information content (AvgIpc) is 2.21. The molecule has 0 aliphatic carbocycles. The van der Waals surface area contributed by atoms with E-state index in [1.54, 1.807) is 7.11 Å². The van der Waals surface area contributed by atoms with Crippen molar-refractivity contribution < 1.29 is 4.74 Å². The van der Waals surface area contributed by atoms with Crippen molar-refractivity contribution in [3.63, 3.8) is 0 Å². The number of unbranched alkanes of at least 4 members (excludes halogenated alkanes) is 1. The molecule has 0 aromatic carbocycles. The summed E-state index contributed by atoms with van der Waals surface area (Å²) in [6.45, 7) is 4.10. The lowest BCUT2D eigenvalue weighted by atomic mass is 10.1. The molecule has 0 spiro atoms. The molecule has 1 N–H and O–H groups in total. The number of hydrogen-bond donors (Lipinski definition) is 1. The van der Waals surface area contributed by atoms with E-state index in [-0.39, 0.29) is 0 Å². The highest BCUT2D eigenvalue weighted by Gasteiger charge is 2.06. The van der Waals surface area contributed by atoms with Gasteiger partial charge in [-0.2, -0.15) is 0 Å². The summed E-state index contributed by atoms with van der Waals surface area (Å²) in [4.78, 5) is 0. The fraction of sp³-hybridized carbons (Fsp3) is 0.833. The molecular weight excluding hydrogens is 174 g/mol. The van der Waals surface area contributed by atoms with E-state index in [1.165, 1.54) is 6.42 Å². The van der Waals surface area contributed by atoms with Crippen LogP contribution in [0.1, 0.15) is 39.0 Å². The van der Waals surface area contributed by atoms with Gasteiger partial charge in [0, 0.05) is 26.2 Å². The Bertz CT molecular complexity index is 143. The summed E-state index contributed by atoms with van der Waals surface area (Å²) in [6, 6.07) is 0.572. The van der Waals surface area contributed by atoms with Crippen LogP contribution in [0.15, 0.2) is 0 Å². The second kappa shape index (κ2) is 10.6. The van der Waals surface area contributed by atoms with Crippen LogP contribution < -0.4 is 5.32 Å². The second-order valence-corrected chi connectivity index (χ2v) is 3.53. The lowest BCUT2D eigenvalue weighted by molar-refractivity contribution is 0.180. The van der Waals surface area contributed by atoms with Gasteiger partial charge in [-0.15, -0.1) is 12.3 Å². The van der Waals surface area contributed by atoms with Gasteiger partial charge in [0.15, 0.2) is 0 Å². The maximum absolute atomic E-state index is 5.22. The van der Waals surface area contributed by atoms with E-state index >= 15 is 0 Å². The highest BCUT2D eigenvalue weighted by Crippen LogP contribution is 2.04. The number of ether oxygens (including phenoxy) is 1. The van der Waals surface area contributed by atoms with Crippen LogP contribution in [0.3, 0.4) is 0 Å². The highest BCUT2D eigenvalue weighted by atomic mass is 16.5. The van der Waals surface area contributed by atoms with Crippen molar-refractivity contribution >= 4 is 0 Å². The van der Waals surface area contributed by atoms with Crippen molar-refractivity contribution in [3.8, 4) is 12.3 Å². The smallest absolute Gasteiger partial charge is 0.0477 e. The van der Waals surface area contributed by atoms with Crippen molar-refractivity contribution in [1.82, 2.24) is 5.32 Å². The summed E-state index contributed by atoms with van der Waals surface area (Å²) in [6.07, 6.45) is 10.6. The van der Waals surface area contributed by atoms with Gasteiger partial charge in [0.1, 0.15) is 0 Å². The van der Waals surface area contributed by atoms with Gasteiger partial charge in [-0.1, -0.05) is 6.92 Å². The fourth-order valence-corrected chi connectivity index (χ4v) is 1.41. The van der Waals surface area contributed by atoms with Crippen LogP contribution in [0, 0.1) is 12.3 Å². The maximum atomic E-state index is 5.22. The normalized spacial score (nSPS) is 12.4. The molecular formula is C12H23NO. The lowest BCUT2D eigenvalue weighted by Crippen LogP contribution is -2.30. The third kappa shape index (κ3) is 8.10. The first-order valence-corrected chi connectivity index (χ1v) is 5.50. The Balaban J connectivity index is 3.56. The van der Waals surface area contributed by atoms with Gasteiger partial charge in [-0.05, 0) is 32.2 Å². The summed E-state index contributed by atoms with van der Waals surface area (Å²) in [5, 5.41) is 3.51. The molecule has 0 saturated heterocycles. The Hall–Kier alpha value is -0.520. The predicted octanol–water partition coefficient (Wildman–Crippen LogP) is 2.19. The third-order valence-electron chi connectivity index (χ3n) is 2.23. The lowest BCUT2D eigenvalue weighted by Gasteiger charge is -2.17.